The first-order chi connectivity index (χ1) is 7.60. The van der Waals surface area contributed by atoms with Gasteiger partial charge in [0.2, 0.25) is 0 Å². The zero-order chi connectivity index (χ0) is 12.1. The van der Waals surface area contributed by atoms with E-state index in [0.717, 1.165) is 11.3 Å². The Morgan fingerprint density at radius 3 is 2.75 bits per heavy atom. The van der Waals surface area contributed by atoms with Crippen molar-refractivity contribution in [1.29, 1.82) is 0 Å². The molecule has 0 radical (unpaired) electrons. The molecule has 0 aliphatic rings. The Hall–Kier alpha value is -0.670. The van der Waals surface area contributed by atoms with Crippen molar-refractivity contribution in [3.05, 3.63) is 28.3 Å². The maximum atomic E-state index is 11.9. The van der Waals surface area contributed by atoms with Crippen LogP contribution >= 0.6 is 23.4 Å². The number of hydrogen-bond acceptors (Lipinski definition) is 3. The summed E-state index contributed by atoms with van der Waals surface area (Å²) in [5, 5.41) is 0.605. The fourth-order valence-corrected chi connectivity index (χ4v) is 1.92. The van der Waals surface area contributed by atoms with Crippen LogP contribution in [0.5, 0.6) is 5.75 Å². The molecular formula is C12H15ClO2S. The number of ketones is 1. The highest BCUT2D eigenvalue weighted by Gasteiger charge is 2.13. The molecule has 0 amide bonds. The van der Waals surface area contributed by atoms with Crippen LogP contribution < -0.4 is 4.74 Å². The van der Waals surface area contributed by atoms with E-state index in [4.69, 9.17) is 16.3 Å². The molecule has 0 aliphatic carbocycles. The van der Waals surface area contributed by atoms with Crippen molar-refractivity contribution >= 4 is 29.1 Å². The highest BCUT2D eigenvalue weighted by molar-refractivity contribution is 7.98. The van der Waals surface area contributed by atoms with Crippen molar-refractivity contribution in [2.45, 2.75) is 13.3 Å². The van der Waals surface area contributed by atoms with E-state index in [9.17, 15) is 4.79 Å². The summed E-state index contributed by atoms with van der Waals surface area (Å²) in [7, 11) is 1.56. The summed E-state index contributed by atoms with van der Waals surface area (Å²) in [6, 6.07) is 3.49. The molecule has 0 aliphatic heterocycles. The van der Waals surface area contributed by atoms with Crippen molar-refractivity contribution in [3.8, 4) is 5.75 Å². The summed E-state index contributed by atoms with van der Waals surface area (Å²) >= 11 is 7.66. The van der Waals surface area contributed by atoms with Crippen LogP contribution in [0, 0.1) is 6.92 Å². The lowest BCUT2D eigenvalue weighted by atomic mass is 10.1. The first kappa shape index (κ1) is 13.4. The summed E-state index contributed by atoms with van der Waals surface area (Å²) < 4.78 is 5.20. The average molecular weight is 259 g/mol. The molecular weight excluding hydrogens is 244 g/mol. The van der Waals surface area contributed by atoms with Crippen molar-refractivity contribution in [3.63, 3.8) is 0 Å². The second-order valence-electron chi connectivity index (χ2n) is 3.47. The van der Waals surface area contributed by atoms with Crippen LogP contribution in [-0.2, 0) is 0 Å². The SMILES string of the molecule is COc1cc(C)c(Cl)cc1C(=O)CCSC. The summed E-state index contributed by atoms with van der Waals surface area (Å²) in [6.07, 6.45) is 2.49. The van der Waals surface area contributed by atoms with E-state index in [1.807, 2.05) is 13.2 Å². The summed E-state index contributed by atoms with van der Waals surface area (Å²) in [4.78, 5) is 11.9. The molecule has 0 N–H and O–H groups in total. The van der Waals surface area contributed by atoms with Crippen molar-refractivity contribution in [1.82, 2.24) is 0 Å². The fraction of sp³-hybridized carbons (Fsp3) is 0.417. The largest absolute Gasteiger partial charge is 0.496 e. The zero-order valence-corrected chi connectivity index (χ0v) is 11.2. The van der Waals surface area contributed by atoms with Gasteiger partial charge in [-0.15, -0.1) is 0 Å². The van der Waals surface area contributed by atoms with Gasteiger partial charge in [0.1, 0.15) is 5.75 Å². The highest BCUT2D eigenvalue weighted by atomic mass is 35.5. The van der Waals surface area contributed by atoms with Crippen LogP contribution in [0.25, 0.3) is 0 Å². The number of thioether (sulfide) groups is 1. The third kappa shape index (κ3) is 3.16. The molecule has 0 spiro atoms. The summed E-state index contributed by atoms with van der Waals surface area (Å²) in [5.74, 6) is 1.49. The number of aryl methyl sites for hydroxylation is 1. The van der Waals surface area contributed by atoms with Crippen molar-refractivity contribution in [2.24, 2.45) is 0 Å². The van der Waals surface area contributed by atoms with Crippen molar-refractivity contribution < 1.29 is 9.53 Å². The minimum absolute atomic E-state index is 0.0769. The normalized spacial score (nSPS) is 10.2. The average Bonchev–Trinajstić information content (AvgIpc) is 2.28. The van der Waals surface area contributed by atoms with E-state index in [0.29, 0.717) is 22.8 Å². The van der Waals surface area contributed by atoms with Gasteiger partial charge in [-0.25, -0.2) is 0 Å². The van der Waals surface area contributed by atoms with E-state index in [1.54, 1.807) is 31.0 Å². The third-order valence-electron chi connectivity index (χ3n) is 2.31. The van der Waals surface area contributed by atoms with E-state index in [2.05, 4.69) is 0 Å². The number of methoxy groups -OCH3 is 1. The van der Waals surface area contributed by atoms with Gasteiger partial charge < -0.3 is 4.74 Å². The molecule has 1 aromatic rings. The number of halogens is 1. The molecule has 0 saturated carbocycles. The number of rotatable bonds is 5. The van der Waals surface area contributed by atoms with Crippen LogP contribution in [-0.4, -0.2) is 24.9 Å². The second kappa shape index (κ2) is 6.16. The predicted molar refractivity (Wildman–Crippen MR) is 70.1 cm³/mol. The van der Waals surface area contributed by atoms with Gasteiger partial charge in [0, 0.05) is 17.2 Å². The van der Waals surface area contributed by atoms with Gasteiger partial charge in [-0.1, -0.05) is 11.6 Å². The molecule has 0 saturated heterocycles. The Bertz CT molecular complexity index is 391. The van der Waals surface area contributed by atoms with Gasteiger partial charge in [0.25, 0.3) is 0 Å². The minimum Gasteiger partial charge on any atom is -0.496 e. The number of carbonyl (C=O) groups excluding carboxylic acids is 1. The fourth-order valence-electron chi connectivity index (χ4n) is 1.37. The maximum absolute atomic E-state index is 11.9. The molecule has 16 heavy (non-hydrogen) atoms. The van der Waals surface area contributed by atoms with Gasteiger partial charge in [0.05, 0.1) is 12.7 Å². The molecule has 0 heterocycles. The lowest BCUT2D eigenvalue weighted by Gasteiger charge is -2.09. The number of hydrogen-bond donors (Lipinski definition) is 0. The number of benzene rings is 1. The minimum atomic E-state index is 0.0769. The number of Topliss-reactive ketones (excluding diaryl/α,β-unsaturated/α-hetero) is 1. The number of ether oxygens (including phenoxy) is 1. The van der Waals surface area contributed by atoms with Gasteiger partial charge in [0.15, 0.2) is 5.78 Å². The lowest BCUT2D eigenvalue weighted by molar-refractivity contribution is 0.0986. The maximum Gasteiger partial charge on any atom is 0.167 e. The molecule has 0 bridgehead atoms. The summed E-state index contributed by atoms with van der Waals surface area (Å²) in [6.45, 7) is 1.89. The zero-order valence-electron chi connectivity index (χ0n) is 9.67. The monoisotopic (exact) mass is 258 g/mol. The van der Waals surface area contributed by atoms with E-state index in [-0.39, 0.29) is 5.78 Å². The molecule has 0 aromatic heterocycles. The van der Waals surface area contributed by atoms with E-state index < -0.39 is 0 Å². The Kier molecular flexibility index (Phi) is 5.16. The second-order valence-corrected chi connectivity index (χ2v) is 4.86. The molecule has 4 heteroatoms. The van der Waals surface area contributed by atoms with Crippen LogP contribution in [0.15, 0.2) is 12.1 Å². The first-order valence-electron chi connectivity index (χ1n) is 4.96. The van der Waals surface area contributed by atoms with Crippen LogP contribution in [0.3, 0.4) is 0 Å². The molecule has 2 nitrogen and oxygen atoms in total. The Labute approximate surface area is 105 Å². The molecule has 1 rings (SSSR count). The molecule has 0 fully saturated rings. The van der Waals surface area contributed by atoms with Crippen molar-refractivity contribution in [2.75, 3.05) is 19.1 Å². The lowest BCUT2D eigenvalue weighted by Crippen LogP contribution is -2.04. The van der Waals surface area contributed by atoms with E-state index in [1.165, 1.54) is 0 Å². The number of carbonyl (C=O) groups is 1. The van der Waals surface area contributed by atoms with Crippen LogP contribution in [0.4, 0.5) is 0 Å². The van der Waals surface area contributed by atoms with Gasteiger partial charge in [-0.2, -0.15) is 11.8 Å². The molecule has 0 atom stereocenters. The topological polar surface area (TPSA) is 26.3 Å². The Balaban J connectivity index is 3.02. The third-order valence-corrected chi connectivity index (χ3v) is 3.33. The Morgan fingerprint density at radius 2 is 2.19 bits per heavy atom. The van der Waals surface area contributed by atoms with Crippen LogP contribution in [0.1, 0.15) is 22.3 Å². The highest BCUT2D eigenvalue weighted by Crippen LogP contribution is 2.27. The standard InChI is InChI=1S/C12H15ClO2S/c1-8-6-12(15-2)9(7-10(8)13)11(14)4-5-16-3/h6-7H,4-5H2,1-3H3. The quantitative estimate of drug-likeness (QED) is 0.755. The van der Waals surface area contributed by atoms with Gasteiger partial charge in [-0.05, 0) is 30.9 Å². The molecule has 1 aromatic carbocycles. The van der Waals surface area contributed by atoms with E-state index >= 15 is 0 Å². The van der Waals surface area contributed by atoms with Crippen LogP contribution in [0.2, 0.25) is 5.02 Å². The molecule has 0 unspecified atom stereocenters. The summed E-state index contributed by atoms with van der Waals surface area (Å²) in [5.41, 5.74) is 1.49. The van der Waals surface area contributed by atoms with Gasteiger partial charge >= 0.3 is 0 Å². The smallest absolute Gasteiger partial charge is 0.167 e. The first-order valence-corrected chi connectivity index (χ1v) is 6.73. The predicted octanol–water partition coefficient (Wildman–Crippen LogP) is 3.59. The molecule has 88 valence electrons. The Morgan fingerprint density at radius 1 is 1.50 bits per heavy atom. The van der Waals surface area contributed by atoms with Gasteiger partial charge in [-0.3, -0.25) is 4.79 Å².